The molecule has 0 bridgehead atoms. The minimum absolute atomic E-state index is 0.306. The molecule has 0 spiro atoms. The van der Waals surface area contributed by atoms with Crippen LogP contribution in [0.2, 0.25) is 0 Å². The fourth-order valence-corrected chi connectivity index (χ4v) is 5.74. The first-order valence-electron chi connectivity index (χ1n) is 10.7. The molecule has 0 fully saturated rings. The smallest absolute Gasteiger partial charge is 0.0769 e. The number of para-hydroxylation sites is 1. The zero-order valence-corrected chi connectivity index (χ0v) is 17.8. The summed E-state index contributed by atoms with van der Waals surface area (Å²) in [5, 5.41) is 5.46. The van der Waals surface area contributed by atoms with Crippen molar-refractivity contribution in [2.24, 2.45) is 4.99 Å². The van der Waals surface area contributed by atoms with Gasteiger partial charge in [-0.3, -0.25) is 4.99 Å². The molecular formula is C29H21NS. The molecule has 5 aromatic carbocycles. The quantitative estimate of drug-likeness (QED) is 0.282. The second-order valence-electron chi connectivity index (χ2n) is 7.97. The van der Waals surface area contributed by atoms with Gasteiger partial charge in [-0.15, -0.1) is 11.8 Å². The van der Waals surface area contributed by atoms with Crippen molar-refractivity contribution in [1.29, 1.82) is 0 Å². The van der Waals surface area contributed by atoms with E-state index in [1.807, 2.05) is 11.8 Å². The van der Waals surface area contributed by atoms with E-state index in [0.717, 1.165) is 17.8 Å². The molecule has 148 valence electrons. The van der Waals surface area contributed by atoms with E-state index in [1.54, 1.807) is 0 Å². The van der Waals surface area contributed by atoms with Gasteiger partial charge in [-0.2, -0.15) is 0 Å². The van der Waals surface area contributed by atoms with E-state index in [1.165, 1.54) is 37.6 Å². The Labute approximate surface area is 186 Å². The van der Waals surface area contributed by atoms with Crippen LogP contribution in [-0.2, 0) is 0 Å². The summed E-state index contributed by atoms with van der Waals surface area (Å²) in [5.41, 5.74) is 4.81. The topological polar surface area (TPSA) is 12.4 Å². The third-order valence-electron chi connectivity index (χ3n) is 6.02. The third-order valence-corrected chi connectivity index (χ3v) is 7.33. The number of hydrogen-bond donors (Lipinski definition) is 0. The molecule has 1 aliphatic rings. The van der Waals surface area contributed by atoms with Gasteiger partial charge in [0.1, 0.15) is 0 Å². The molecule has 0 aliphatic carbocycles. The molecule has 2 heteroatoms. The molecule has 0 saturated carbocycles. The van der Waals surface area contributed by atoms with Crippen LogP contribution in [0.4, 0.5) is 5.69 Å². The summed E-state index contributed by atoms with van der Waals surface area (Å²) >= 11 is 1.93. The second-order valence-corrected chi connectivity index (χ2v) is 9.21. The van der Waals surface area contributed by atoms with Gasteiger partial charge < -0.3 is 0 Å². The largest absolute Gasteiger partial charge is 0.252 e. The second kappa shape index (κ2) is 7.72. The summed E-state index contributed by atoms with van der Waals surface area (Å²) in [5.74, 6) is 0. The molecule has 6 rings (SSSR count). The summed E-state index contributed by atoms with van der Waals surface area (Å²) < 4.78 is 0. The maximum Gasteiger partial charge on any atom is 0.0769 e. The molecule has 0 amide bonds. The van der Waals surface area contributed by atoms with Crippen LogP contribution in [0.3, 0.4) is 0 Å². The van der Waals surface area contributed by atoms with Crippen molar-refractivity contribution in [2.75, 3.05) is 0 Å². The van der Waals surface area contributed by atoms with E-state index in [4.69, 9.17) is 4.99 Å². The minimum atomic E-state index is 0.306. The minimum Gasteiger partial charge on any atom is -0.252 e. The summed E-state index contributed by atoms with van der Waals surface area (Å²) in [6.07, 6.45) is 0.895. The van der Waals surface area contributed by atoms with Gasteiger partial charge in [0.15, 0.2) is 0 Å². The molecule has 0 unspecified atom stereocenters. The number of fused-ring (bicyclic) bond motifs is 3. The Hall–Kier alpha value is -3.36. The maximum absolute atomic E-state index is 5.17. The molecule has 0 N–H and O–H groups in total. The van der Waals surface area contributed by atoms with E-state index < -0.39 is 0 Å². The Kier molecular flexibility index (Phi) is 4.58. The summed E-state index contributed by atoms with van der Waals surface area (Å²) in [7, 11) is 0. The van der Waals surface area contributed by atoms with Gasteiger partial charge >= 0.3 is 0 Å². The van der Waals surface area contributed by atoms with Crippen molar-refractivity contribution in [3.63, 3.8) is 0 Å². The monoisotopic (exact) mass is 415 g/mol. The number of aliphatic imine (C=N–C) groups is 1. The predicted octanol–water partition coefficient (Wildman–Crippen LogP) is 8.35. The molecule has 1 atom stereocenters. The van der Waals surface area contributed by atoms with E-state index in [0.29, 0.717) is 5.25 Å². The van der Waals surface area contributed by atoms with Crippen LogP contribution in [0.15, 0.2) is 119 Å². The highest BCUT2D eigenvalue weighted by atomic mass is 32.2. The van der Waals surface area contributed by atoms with Gasteiger partial charge in [-0.25, -0.2) is 0 Å². The molecule has 0 radical (unpaired) electrons. The zero-order valence-electron chi connectivity index (χ0n) is 17.0. The first-order valence-corrected chi connectivity index (χ1v) is 11.5. The molecule has 1 nitrogen and oxygen atoms in total. The number of benzene rings is 5. The van der Waals surface area contributed by atoms with Crippen LogP contribution in [0.25, 0.3) is 21.5 Å². The molecule has 0 saturated heterocycles. The van der Waals surface area contributed by atoms with Crippen molar-refractivity contribution >= 4 is 44.7 Å². The lowest BCUT2D eigenvalue weighted by Gasteiger charge is -2.18. The maximum atomic E-state index is 5.17. The van der Waals surface area contributed by atoms with Gasteiger partial charge in [0.25, 0.3) is 0 Å². The fourth-order valence-electron chi connectivity index (χ4n) is 4.47. The van der Waals surface area contributed by atoms with E-state index in [2.05, 4.69) is 109 Å². The van der Waals surface area contributed by atoms with Gasteiger partial charge in [-0.1, -0.05) is 91.0 Å². The van der Waals surface area contributed by atoms with Crippen molar-refractivity contribution in [3.05, 3.63) is 120 Å². The van der Waals surface area contributed by atoms with Crippen LogP contribution in [0.1, 0.15) is 22.8 Å². The van der Waals surface area contributed by atoms with Gasteiger partial charge in [0.05, 0.1) is 5.69 Å². The first-order chi connectivity index (χ1) is 15.3. The van der Waals surface area contributed by atoms with Crippen molar-refractivity contribution in [1.82, 2.24) is 0 Å². The van der Waals surface area contributed by atoms with E-state index in [-0.39, 0.29) is 0 Å². The Morgan fingerprint density at radius 3 is 2.32 bits per heavy atom. The molecule has 31 heavy (non-hydrogen) atoms. The van der Waals surface area contributed by atoms with Gasteiger partial charge in [-0.05, 0) is 50.9 Å². The normalized spacial score (nSPS) is 16.0. The van der Waals surface area contributed by atoms with Crippen LogP contribution in [0.5, 0.6) is 0 Å². The van der Waals surface area contributed by atoms with E-state index in [9.17, 15) is 0 Å². The summed E-state index contributed by atoms with van der Waals surface area (Å²) in [6.45, 7) is 0. The number of hydrogen-bond acceptors (Lipinski definition) is 2. The Bertz CT molecular complexity index is 1440. The lowest BCUT2D eigenvalue weighted by atomic mass is 9.96. The Morgan fingerprint density at radius 2 is 1.39 bits per heavy atom. The highest BCUT2D eigenvalue weighted by Crippen LogP contribution is 2.47. The highest BCUT2D eigenvalue weighted by Gasteiger charge is 2.23. The van der Waals surface area contributed by atoms with Crippen LogP contribution in [-0.4, -0.2) is 5.71 Å². The van der Waals surface area contributed by atoms with Gasteiger partial charge in [0, 0.05) is 22.3 Å². The Morgan fingerprint density at radius 1 is 0.645 bits per heavy atom. The Balaban J connectivity index is 1.51. The van der Waals surface area contributed by atoms with Crippen LogP contribution >= 0.6 is 11.8 Å². The SMILES string of the molecule is c1ccc2c(c1)N=C(c1ccc3ccccc3c1)C[C@H](c1cccc3ccccc13)S2. The standard InChI is InChI=1S/C29H21NS/c1-2-10-22-18-23(17-16-20(22)8-1)27-19-29(31-28-15-6-5-14-26(28)30-27)25-13-7-11-21-9-3-4-12-24(21)25/h1-18,29H,19H2/t29-/m1/s1. The molecular weight excluding hydrogens is 394 g/mol. The average Bonchev–Trinajstić information content (AvgIpc) is 3.03. The van der Waals surface area contributed by atoms with Gasteiger partial charge in [0.2, 0.25) is 0 Å². The third kappa shape index (κ3) is 3.43. The molecule has 1 aliphatic heterocycles. The first kappa shape index (κ1) is 18.4. The number of thioether (sulfide) groups is 1. The fraction of sp³-hybridized carbons (Fsp3) is 0.0690. The highest BCUT2D eigenvalue weighted by molar-refractivity contribution is 7.99. The van der Waals surface area contributed by atoms with Crippen LogP contribution < -0.4 is 0 Å². The number of nitrogens with zero attached hydrogens (tertiary/aromatic N) is 1. The van der Waals surface area contributed by atoms with Crippen molar-refractivity contribution < 1.29 is 0 Å². The number of rotatable bonds is 2. The zero-order chi connectivity index (χ0) is 20.6. The lowest BCUT2D eigenvalue weighted by Crippen LogP contribution is -2.06. The summed E-state index contributed by atoms with van der Waals surface area (Å²) in [4.78, 5) is 6.41. The van der Waals surface area contributed by atoms with E-state index >= 15 is 0 Å². The molecule has 0 aromatic heterocycles. The lowest BCUT2D eigenvalue weighted by molar-refractivity contribution is 1.02. The molecule has 5 aromatic rings. The average molecular weight is 416 g/mol. The van der Waals surface area contributed by atoms with Crippen molar-refractivity contribution in [3.8, 4) is 0 Å². The summed E-state index contributed by atoms with van der Waals surface area (Å²) in [6, 6.07) is 39.2. The predicted molar refractivity (Wildman–Crippen MR) is 134 cm³/mol. The molecule has 1 heterocycles. The van der Waals surface area contributed by atoms with Crippen molar-refractivity contribution in [2.45, 2.75) is 16.6 Å². The van der Waals surface area contributed by atoms with Crippen LogP contribution in [0, 0.1) is 0 Å².